The molecule has 0 aromatic carbocycles. The van der Waals surface area contributed by atoms with E-state index >= 15 is 0 Å². The third kappa shape index (κ3) is 13.3. The summed E-state index contributed by atoms with van der Waals surface area (Å²) < 4.78 is 39.6. The summed E-state index contributed by atoms with van der Waals surface area (Å²) >= 11 is 0. The summed E-state index contributed by atoms with van der Waals surface area (Å²) in [6.07, 6.45) is 0.483. The first-order valence-corrected chi connectivity index (χ1v) is 17.4. The maximum absolute atomic E-state index is 12.7. The molecule has 4 aliphatic rings. The van der Waals surface area contributed by atoms with Gasteiger partial charge in [-0.3, -0.25) is 14.4 Å². The fourth-order valence-electron chi connectivity index (χ4n) is 6.00. The molecule has 0 saturated carbocycles. The van der Waals surface area contributed by atoms with Gasteiger partial charge in [0, 0.05) is 20.3 Å². The van der Waals surface area contributed by atoms with Crippen molar-refractivity contribution in [2.45, 2.75) is 172 Å². The molecule has 2 bridgehead atoms. The Bertz CT molecular complexity index is 1010. The number of rotatable bonds is 4. The normalized spacial score (nSPS) is 37.8. The summed E-state index contributed by atoms with van der Waals surface area (Å²) in [5.74, 6) is -1.86. The van der Waals surface area contributed by atoms with Crippen LogP contribution in [0.25, 0.3) is 0 Å². The average molecular weight is 689 g/mol. The molecule has 0 aliphatic carbocycles. The van der Waals surface area contributed by atoms with E-state index in [1.165, 1.54) is 13.8 Å². The first kappa shape index (κ1) is 40.3. The number of carbonyl (C=O) groups excluding carboxylic acids is 3. The maximum atomic E-state index is 12.7. The lowest BCUT2D eigenvalue weighted by Gasteiger charge is -2.47. The quantitative estimate of drug-likeness (QED) is 0.191. The Balaban J connectivity index is 1.81. The molecule has 0 aromatic heterocycles. The van der Waals surface area contributed by atoms with Crippen LogP contribution in [0.15, 0.2) is 12.2 Å². The molecule has 4 N–H and O–H groups in total. The van der Waals surface area contributed by atoms with Crippen molar-refractivity contribution in [1.82, 2.24) is 0 Å². The van der Waals surface area contributed by atoms with Gasteiger partial charge in [0.15, 0.2) is 18.7 Å². The van der Waals surface area contributed by atoms with Gasteiger partial charge >= 0.3 is 17.9 Å². The molecule has 2 saturated heterocycles. The van der Waals surface area contributed by atoms with Crippen molar-refractivity contribution in [3.05, 3.63) is 12.2 Å². The van der Waals surface area contributed by atoms with E-state index in [1.807, 2.05) is 6.92 Å². The van der Waals surface area contributed by atoms with Crippen LogP contribution >= 0.6 is 0 Å². The van der Waals surface area contributed by atoms with Crippen LogP contribution in [0.3, 0.4) is 0 Å². The number of hydrogen-bond acceptors (Lipinski definition) is 14. The first-order chi connectivity index (χ1) is 23.0. The van der Waals surface area contributed by atoms with Crippen LogP contribution < -0.4 is 0 Å². The van der Waals surface area contributed by atoms with Crippen molar-refractivity contribution in [3.63, 3.8) is 0 Å². The zero-order chi connectivity index (χ0) is 35.1. The zero-order valence-corrected chi connectivity index (χ0v) is 28.5. The summed E-state index contributed by atoms with van der Waals surface area (Å²) in [6.45, 7) is 3.42. The Morgan fingerprint density at radius 3 is 1.85 bits per heavy atom. The van der Waals surface area contributed by atoms with Gasteiger partial charge in [-0.05, 0) is 45.4 Å². The predicted molar refractivity (Wildman–Crippen MR) is 169 cm³/mol. The Morgan fingerprint density at radius 2 is 1.21 bits per heavy atom. The molecule has 0 radical (unpaired) electrons. The summed E-state index contributed by atoms with van der Waals surface area (Å²) in [4.78, 5) is 35.8. The molecule has 4 rings (SSSR count). The average Bonchev–Trinajstić information content (AvgIpc) is 3.03. The van der Waals surface area contributed by atoms with Crippen molar-refractivity contribution in [3.8, 4) is 0 Å². The second-order valence-electron chi connectivity index (χ2n) is 12.9. The summed E-state index contributed by atoms with van der Waals surface area (Å²) in [5, 5.41) is 44.2. The Hall–Kier alpha value is -2.17. The van der Waals surface area contributed by atoms with Crippen LogP contribution in [0.4, 0.5) is 0 Å². The number of hydrogen-bond donors (Lipinski definition) is 4. The van der Waals surface area contributed by atoms with E-state index in [9.17, 15) is 34.8 Å². The molecular weight excluding hydrogens is 632 g/mol. The first-order valence-electron chi connectivity index (χ1n) is 17.4. The Labute approximate surface area is 283 Å². The lowest BCUT2D eigenvalue weighted by atomic mass is 9.97. The molecule has 276 valence electrons. The summed E-state index contributed by atoms with van der Waals surface area (Å²) in [5.41, 5.74) is 0. The standard InChI is InChI=1S/C34H56O14/c1-21-17-15-13-11-9-7-5-4-6-8-10-12-14-16-18-26(37)47-31-25(20-43-23(3)36)46-33(30(41)29(31)40)48-32-28(39)27(38)24(19-42-22(2)35)45-34(32)44-21/h4-5,21,24-25,27-34,38-41H,6-20H2,1-3H3/b5-4-/t21?,24-,25-,27-,28+,29-,30-,31-,32-,33-,34+/m1/s1. The van der Waals surface area contributed by atoms with Crippen molar-refractivity contribution in [1.29, 1.82) is 0 Å². The van der Waals surface area contributed by atoms with E-state index in [0.29, 0.717) is 12.8 Å². The molecule has 48 heavy (non-hydrogen) atoms. The van der Waals surface area contributed by atoms with Gasteiger partial charge in [0.05, 0.1) is 6.10 Å². The molecule has 11 atom stereocenters. The minimum atomic E-state index is -1.79. The van der Waals surface area contributed by atoms with Gasteiger partial charge in [-0.15, -0.1) is 0 Å². The van der Waals surface area contributed by atoms with E-state index in [0.717, 1.165) is 64.2 Å². The number of fused-ring (bicyclic) bond motifs is 19. The summed E-state index contributed by atoms with van der Waals surface area (Å²) in [7, 11) is 0. The molecule has 0 aromatic rings. The van der Waals surface area contributed by atoms with Crippen LogP contribution in [0, 0.1) is 0 Å². The van der Waals surface area contributed by atoms with Gasteiger partial charge in [-0.1, -0.05) is 50.7 Å². The Morgan fingerprint density at radius 1 is 0.667 bits per heavy atom. The van der Waals surface area contributed by atoms with Crippen LogP contribution in [0.2, 0.25) is 0 Å². The van der Waals surface area contributed by atoms with Crippen molar-refractivity contribution < 1.29 is 68.0 Å². The summed E-state index contributed by atoms with van der Waals surface area (Å²) in [6, 6.07) is 0. The van der Waals surface area contributed by atoms with Crippen LogP contribution in [0.5, 0.6) is 0 Å². The van der Waals surface area contributed by atoms with E-state index < -0.39 is 85.9 Å². The van der Waals surface area contributed by atoms with Gasteiger partial charge < -0.3 is 53.6 Å². The Kier molecular flexibility index (Phi) is 17.7. The molecule has 0 amide bonds. The number of aliphatic hydroxyl groups is 4. The van der Waals surface area contributed by atoms with E-state index in [2.05, 4.69) is 12.2 Å². The molecule has 14 heteroatoms. The number of carbonyl (C=O) groups is 3. The molecule has 2 fully saturated rings. The van der Waals surface area contributed by atoms with Gasteiger partial charge in [0.25, 0.3) is 0 Å². The highest BCUT2D eigenvalue weighted by molar-refractivity contribution is 5.69. The highest BCUT2D eigenvalue weighted by atomic mass is 16.8. The van der Waals surface area contributed by atoms with Gasteiger partial charge in [-0.25, -0.2) is 0 Å². The van der Waals surface area contributed by atoms with Gasteiger partial charge in [0.1, 0.15) is 55.9 Å². The number of ether oxygens (including phenoxy) is 7. The topological polar surface area (TPSA) is 197 Å². The number of aliphatic hydroxyl groups excluding tert-OH is 4. The third-order valence-electron chi connectivity index (χ3n) is 8.76. The molecule has 1 unspecified atom stereocenters. The zero-order valence-electron chi connectivity index (χ0n) is 28.5. The van der Waals surface area contributed by atoms with Gasteiger partial charge in [-0.2, -0.15) is 0 Å². The van der Waals surface area contributed by atoms with Gasteiger partial charge in [0.2, 0.25) is 0 Å². The fraction of sp³-hybridized carbons (Fsp3) is 0.853. The monoisotopic (exact) mass is 688 g/mol. The maximum Gasteiger partial charge on any atom is 0.306 e. The highest BCUT2D eigenvalue weighted by Gasteiger charge is 2.53. The van der Waals surface area contributed by atoms with Crippen LogP contribution in [-0.2, 0) is 47.5 Å². The molecule has 4 heterocycles. The minimum Gasteiger partial charge on any atom is -0.463 e. The van der Waals surface area contributed by atoms with E-state index in [-0.39, 0.29) is 19.1 Å². The molecular formula is C34H56O14. The molecule has 0 spiro atoms. The van der Waals surface area contributed by atoms with Crippen LogP contribution in [-0.4, -0.2) is 119 Å². The van der Waals surface area contributed by atoms with Crippen molar-refractivity contribution >= 4 is 17.9 Å². The fourth-order valence-corrected chi connectivity index (χ4v) is 6.00. The SMILES string of the molecule is CC(=O)OC[C@H]1O[C@@H]2OC(C)CCCCCC/C=C\CCCCCCCC(=O)O[C@H]3[C@H](O)[C@@H](O)[C@@H](O[C@@H]2[C@@H](O)[C@@H]1O)O[C@@H]3COC(C)=O. The van der Waals surface area contributed by atoms with E-state index in [4.69, 9.17) is 33.2 Å². The van der Waals surface area contributed by atoms with Crippen molar-refractivity contribution in [2.75, 3.05) is 13.2 Å². The smallest absolute Gasteiger partial charge is 0.306 e. The second kappa shape index (κ2) is 21.1. The minimum absolute atomic E-state index is 0.0919. The second-order valence-corrected chi connectivity index (χ2v) is 12.9. The third-order valence-corrected chi connectivity index (χ3v) is 8.76. The number of esters is 3. The lowest BCUT2D eigenvalue weighted by molar-refractivity contribution is -0.371. The largest absolute Gasteiger partial charge is 0.463 e. The number of allylic oxidation sites excluding steroid dienone is 2. The lowest BCUT2D eigenvalue weighted by Crippen LogP contribution is -2.65. The highest BCUT2D eigenvalue weighted by Crippen LogP contribution is 2.32. The van der Waals surface area contributed by atoms with Crippen molar-refractivity contribution in [2.24, 2.45) is 0 Å². The van der Waals surface area contributed by atoms with Crippen LogP contribution in [0.1, 0.15) is 104 Å². The molecule has 4 aliphatic heterocycles. The predicted octanol–water partition coefficient (Wildman–Crippen LogP) is 2.35. The molecule has 14 nitrogen and oxygen atoms in total. The van der Waals surface area contributed by atoms with E-state index in [1.54, 1.807) is 0 Å².